The standard InChI is InChI=1S/C14H18N2O/c1-2-9-15-14(17)12-5-7-13(8-6-12)16-10-11-3-4-11/h2,5-8,11,16H,1,3-4,9-10H2,(H,15,17). The lowest BCUT2D eigenvalue weighted by atomic mass is 10.2. The molecule has 1 aromatic carbocycles. The molecule has 0 aromatic heterocycles. The first kappa shape index (κ1) is 11.7. The van der Waals surface area contributed by atoms with Crippen LogP contribution in [0, 0.1) is 5.92 Å². The molecule has 0 atom stereocenters. The maximum Gasteiger partial charge on any atom is 0.251 e. The molecule has 0 saturated heterocycles. The molecular formula is C14H18N2O. The van der Waals surface area contributed by atoms with Crippen LogP contribution in [-0.2, 0) is 0 Å². The molecule has 2 N–H and O–H groups in total. The zero-order valence-corrected chi connectivity index (χ0v) is 9.91. The Kier molecular flexibility index (Phi) is 3.81. The summed E-state index contributed by atoms with van der Waals surface area (Å²) in [5.74, 6) is 0.796. The zero-order valence-electron chi connectivity index (χ0n) is 9.91. The highest BCUT2D eigenvalue weighted by Crippen LogP contribution is 2.28. The van der Waals surface area contributed by atoms with Crippen LogP contribution in [0.1, 0.15) is 23.2 Å². The summed E-state index contributed by atoms with van der Waals surface area (Å²) in [6.07, 6.45) is 4.35. The van der Waals surface area contributed by atoms with Gasteiger partial charge in [0.05, 0.1) is 0 Å². The van der Waals surface area contributed by atoms with E-state index in [1.165, 1.54) is 12.8 Å². The Morgan fingerprint density at radius 2 is 2.06 bits per heavy atom. The number of nitrogens with one attached hydrogen (secondary N) is 2. The van der Waals surface area contributed by atoms with Crippen molar-refractivity contribution in [3.8, 4) is 0 Å². The lowest BCUT2D eigenvalue weighted by Crippen LogP contribution is -2.23. The molecule has 1 fully saturated rings. The molecule has 2 rings (SSSR count). The smallest absolute Gasteiger partial charge is 0.251 e. The number of carbonyl (C=O) groups is 1. The summed E-state index contributed by atoms with van der Waals surface area (Å²) in [5, 5.41) is 6.12. The summed E-state index contributed by atoms with van der Waals surface area (Å²) < 4.78 is 0. The van der Waals surface area contributed by atoms with Crippen molar-refractivity contribution in [1.82, 2.24) is 5.32 Å². The van der Waals surface area contributed by atoms with Crippen molar-refractivity contribution in [1.29, 1.82) is 0 Å². The lowest BCUT2D eigenvalue weighted by molar-refractivity contribution is 0.0958. The first-order chi connectivity index (χ1) is 8.29. The Labute approximate surface area is 102 Å². The van der Waals surface area contributed by atoms with Gasteiger partial charge >= 0.3 is 0 Å². The molecule has 0 radical (unpaired) electrons. The molecule has 1 saturated carbocycles. The van der Waals surface area contributed by atoms with Gasteiger partial charge in [-0.2, -0.15) is 0 Å². The molecule has 1 aliphatic carbocycles. The average Bonchev–Trinajstić information content (AvgIpc) is 3.18. The topological polar surface area (TPSA) is 41.1 Å². The van der Waals surface area contributed by atoms with Crippen molar-refractivity contribution in [3.05, 3.63) is 42.5 Å². The van der Waals surface area contributed by atoms with Crippen LogP contribution in [0.4, 0.5) is 5.69 Å². The molecule has 90 valence electrons. The monoisotopic (exact) mass is 230 g/mol. The van der Waals surface area contributed by atoms with Crippen molar-refractivity contribution in [2.45, 2.75) is 12.8 Å². The quantitative estimate of drug-likeness (QED) is 0.737. The van der Waals surface area contributed by atoms with E-state index >= 15 is 0 Å². The minimum Gasteiger partial charge on any atom is -0.385 e. The largest absolute Gasteiger partial charge is 0.385 e. The number of carbonyl (C=O) groups excluding carboxylic acids is 1. The third kappa shape index (κ3) is 3.63. The minimum atomic E-state index is -0.0568. The maximum absolute atomic E-state index is 11.6. The van der Waals surface area contributed by atoms with E-state index in [1.807, 2.05) is 24.3 Å². The molecule has 0 heterocycles. The van der Waals surface area contributed by atoms with Crippen molar-refractivity contribution in [3.63, 3.8) is 0 Å². The number of rotatable bonds is 6. The molecule has 1 aliphatic rings. The lowest BCUT2D eigenvalue weighted by Gasteiger charge is -2.06. The summed E-state index contributed by atoms with van der Waals surface area (Å²) in [6.45, 7) is 5.11. The zero-order chi connectivity index (χ0) is 12.1. The molecular weight excluding hydrogens is 212 g/mol. The Morgan fingerprint density at radius 3 is 2.65 bits per heavy atom. The first-order valence-corrected chi connectivity index (χ1v) is 6.02. The fourth-order valence-electron chi connectivity index (χ4n) is 1.59. The highest BCUT2D eigenvalue weighted by Gasteiger charge is 2.20. The van der Waals surface area contributed by atoms with Gasteiger partial charge in [-0.15, -0.1) is 6.58 Å². The minimum absolute atomic E-state index is 0.0568. The third-order valence-corrected chi connectivity index (χ3v) is 2.85. The number of amides is 1. The highest BCUT2D eigenvalue weighted by atomic mass is 16.1. The molecule has 0 aliphatic heterocycles. The van der Waals surface area contributed by atoms with E-state index in [1.54, 1.807) is 6.08 Å². The van der Waals surface area contributed by atoms with E-state index in [0.717, 1.165) is 18.2 Å². The van der Waals surface area contributed by atoms with E-state index in [2.05, 4.69) is 17.2 Å². The molecule has 3 heteroatoms. The molecule has 0 spiro atoms. The van der Waals surface area contributed by atoms with Gasteiger partial charge in [0.2, 0.25) is 0 Å². The van der Waals surface area contributed by atoms with Crippen LogP contribution in [0.5, 0.6) is 0 Å². The van der Waals surface area contributed by atoms with Gasteiger partial charge in [0, 0.05) is 24.3 Å². The fourth-order valence-corrected chi connectivity index (χ4v) is 1.59. The summed E-state index contributed by atoms with van der Waals surface area (Å²) in [6, 6.07) is 7.58. The van der Waals surface area contributed by atoms with Crippen molar-refractivity contribution in [2.75, 3.05) is 18.4 Å². The van der Waals surface area contributed by atoms with Gasteiger partial charge in [-0.25, -0.2) is 0 Å². The van der Waals surface area contributed by atoms with Gasteiger partial charge in [0.1, 0.15) is 0 Å². The van der Waals surface area contributed by atoms with Gasteiger partial charge in [-0.05, 0) is 43.0 Å². The van der Waals surface area contributed by atoms with Gasteiger partial charge in [-0.1, -0.05) is 6.08 Å². The number of anilines is 1. The van der Waals surface area contributed by atoms with Crippen LogP contribution in [0.15, 0.2) is 36.9 Å². The number of benzene rings is 1. The van der Waals surface area contributed by atoms with Crippen molar-refractivity contribution >= 4 is 11.6 Å². The van der Waals surface area contributed by atoms with Crippen LogP contribution in [0.3, 0.4) is 0 Å². The third-order valence-electron chi connectivity index (χ3n) is 2.85. The van der Waals surface area contributed by atoms with Crippen LogP contribution in [0.25, 0.3) is 0 Å². The van der Waals surface area contributed by atoms with Crippen LogP contribution < -0.4 is 10.6 Å². The van der Waals surface area contributed by atoms with E-state index < -0.39 is 0 Å². The maximum atomic E-state index is 11.6. The van der Waals surface area contributed by atoms with Gasteiger partial charge in [-0.3, -0.25) is 4.79 Å². The molecule has 0 unspecified atom stereocenters. The second kappa shape index (κ2) is 5.53. The van der Waals surface area contributed by atoms with Crippen molar-refractivity contribution < 1.29 is 4.79 Å². The number of hydrogen-bond donors (Lipinski definition) is 2. The van der Waals surface area contributed by atoms with Gasteiger partial charge in [0.25, 0.3) is 5.91 Å². The summed E-state index contributed by atoms with van der Waals surface area (Å²) in [4.78, 5) is 11.6. The Balaban J connectivity index is 1.87. The summed E-state index contributed by atoms with van der Waals surface area (Å²) in [7, 11) is 0. The van der Waals surface area contributed by atoms with E-state index in [-0.39, 0.29) is 5.91 Å². The predicted molar refractivity (Wildman–Crippen MR) is 70.2 cm³/mol. The Hall–Kier alpha value is -1.77. The Bertz CT molecular complexity index is 393. The molecule has 1 amide bonds. The Morgan fingerprint density at radius 1 is 1.35 bits per heavy atom. The SMILES string of the molecule is C=CCNC(=O)c1ccc(NCC2CC2)cc1. The first-order valence-electron chi connectivity index (χ1n) is 6.02. The summed E-state index contributed by atoms with van der Waals surface area (Å²) in [5.41, 5.74) is 1.76. The summed E-state index contributed by atoms with van der Waals surface area (Å²) >= 11 is 0. The highest BCUT2D eigenvalue weighted by molar-refractivity contribution is 5.94. The van der Waals surface area contributed by atoms with Gasteiger partial charge < -0.3 is 10.6 Å². The second-order valence-corrected chi connectivity index (χ2v) is 4.40. The van der Waals surface area contributed by atoms with Crippen LogP contribution in [0.2, 0.25) is 0 Å². The average molecular weight is 230 g/mol. The fraction of sp³-hybridized carbons (Fsp3) is 0.357. The van der Waals surface area contributed by atoms with Crippen LogP contribution >= 0.6 is 0 Å². The molecule has 1 aromatic rings. The van der Waals surface area contributed by atoms with E-state index in [4.69, 9.17) is 0 Å². The molecule has 3 nitrogen and oxygen atoms in total. The predicted octanol–water partition coefficient (Wildman–Crippen LogP) is 2.42. The normalized spacial score (nSPS) is 14.1. The molecule has 0 bridgehead atoms. The van der Waals surface area contributed by atoms with Gasteiger partial charge in [0.15, 0.2) is 0 Å². The van der Waals surface area contributed by atoms with Crippen molar-refractivity contribution in [2.24, 2.45) is 5.92 Å². The number of hydrogen-bond acceptors (Lipinski definition) is 2. The van der Waals surface area contributed by atoms with E-state index in [9.17, 15) is 4.79 Å². The second-order valence-electron chi connectivity index (χ2n) is 4.40. The molecule has 17 heavy (non-hydrogen) atoms. The van der Waals surface area contributed by atoms with E-state index in [0.29, 0.717) is 12.1 Å². The van der Waals surface area contributed by atoms with Crippen LogP contribution in [-0.4, -0.2) is 19.0 Å².